The lowest BCUT2D eigenvalue weighted by Gasteiger charge is -2.43. The summed E-state index contributed by atoms with van der Waals surface area (Å²) in [4.78, 5) is 20.5. The van der Waals surface area contributed by atoms with Gasteiger partial charge in [-0.2, -0.15) is 26.3 Å². The highest BCUT2D eigenvalue weighted by molar-refractivity contribution is 5.79. The molecular weight excluding hydrogens is 636 g/mol. The Balaban J connectivity index is 1.38. The van der Waals surface area contributed by atoms with E-state index in [-0.39, 0.29) is 11.6 Å². The number of nitrogens with zero attached hydrogens (tertiary/aromatic N) is 3. The smallest absolute Gasteiger partial charge is 0.416 e. The van der Waals surface area contributed by atoms with E-state index < -0.39 is 41.2 Å². The van der Waals surface area contributed by atoms with E-state index in [0.717, 1.165) is 57.5 Å². The predicted molar refractivity (Wildman–Crippen MR) is 171 cm³/mol. The van der Waals surface area contributed by atoms with Gasteiger partial charge in [-0.1, -0.05) is 31.7 Å². The van der Waals surface area contributed by atoms with Gasteiger partial charge >= 0.3 is 12.4 Å². The van der Waals surface area contributed by atoms with E-state index in [0.29, 0.717) is 49.2 Å². The second-order valence-corrected chi connectivity index (χ2v) is 13.6. The Kier molecular flexibility index (Phi) is 11.5. The molecule has 2 aromatic carbocycles. The van der Waals surface area contributed by atoms with Crippen molar-refractivity contribution in [2.45, 2.75) is 88.0 Å². The van der Waals surface area contributed by atoms with Crippen LogP contribution in [0.2, 0.25) is 0 Å². The van der Waals surface area contributed by atoms with Crippen molar-refractivity contribution in [3.63, 3.8) is 0 Å². The van der Waals surface area contributed by atoms with Gasteiger partial charge in [-0.3, -0.25) is 9.69 Å². The molecule has 0 spiro atoms. The molecule has 1 atom stereocenters. The first-order valence-electron chi connectivity index (χ1n) is 17.1. The first kappa shape index (κ1) is 36.3. The maximum atomic E-state index is 13.8. The molecule has 2 heterocycles. The molecule has 3 fully saturated rings. The number of methoxy groups -OCH3 is 2. The molecule has 6 nitrogen and oxygen atoms in total. The Morgan fingerprint density at radius 2 is 1.44 bits per heavy atom. The summed E-state index contributed by atoms with van der Waals surface area (Å²) < 4.78 is 92.4. The monoisotopic (exact) mass is 683 g/mol. The van der Waals surface area contributed by atoms with Gasteiger partial charge in [0.25, 0.3) is 0 Å². The molecule has 266 valence electrons. The zero-order valence-corrected chi connectivity index (χ0v) is 27.9. The number of piperazine rings is 1. The van der Waals surface area contributed by atoms with E-state index >= 15 is 0 Å². The molecule has 1 amide bonds. The Morgan fingerprint density at radius 1 is 0.792 bits per heavy atom. The highest BCUT2D eigenvalue weighted by atomic mass is 19.4. The number of halogens is 6. The molecule has 0 aromatic heterocycles. The number of ether oxygens (including phenoxy) is 2. The Morgan fingerprint density at radius 3 is 2.04 bits per heavy atom. The van der Waals surface area contributed by atoms with Crippen molar-refractivity contribution >= 4 is 5.91 Å². The summed E-state index contributed by atoms with van der Waals surface area (Å²) in [5, 5.41) is 0. The van der Waals surface area contributed by atoms with Gasteiger partial charge in [-0.25, -0.2) is 0 Å². The van der Waals surface area contributed by atoms with Crippen molar-refractivity contribution in [2.75, 3.05) is 60.0 Å². The summed E-state index contributed by atoms with van der Waals surface area (Å²) in [6.45, 7) is 5.44. The van der Waals surface area contributed by atoms with Gasteiger partial charge in [0.1, 0.15) is 0 Å². The Labute approximate surface area is 279 Å². The highest BCUT2D eigenvalue weighted by Gasteiger charge is 2.40. The van der Waals surface area contributed by atoms with Gasteiger partial charge < -0.3 is 19.3 Å². The summed E-state index contributed by atoms with van der Waals surface area (Å²) in [5.74, 6) is 0.637. The fourth-order valence-electron chi connectivity index (χ4n) is 7.83. The molecule has 0 N–H and O–H groups in total. The van der Waals surface area contributed by atoms with Crippen LogP contribution in [0.25, 0.3) is 0 Å². The summed E-state index contributed by atoms with van der Waals surface area (Å²) in [6, 6.07) is 7.84. The molecule has 2 aliphatic heterocycles. The number of rotatable bonds is 9. The fraction of sp³-hybridized carbons (Fsp3) is 0.639. The van der Waals surface area contributed by atoms with E-state index in [1.807, 2.05) is 18.2 Å². The molecule has 1 saturated carbocycles. The van der Waals surface area contributed by atoms with Crippen LogP contribution in [0.4, 0.5) is 26.3 Å². The van der Waals surface area contributed by atoms with Gasteiger partial charge in [0.15, 0.2) is 11.5 Å². The number of amides is 1. The van der Waals surface area contributed by atoms with Crippen molar-refractivity contribution in [1.82, 2.24) is 14.7 Å². The van der Waals surface area contributed by atoms with Crippen molar-refractivity contribution in [3.8, 4) is 11.5 Å². The molecule has 0 unspecified atom stereocenters. The van der Waals surface area contributed by atoms with E-state index in [4.69, 9.17) is 9.47 Å². The highest BCUT2D eigenvalue weighted by Crippen LogP contribution is 2.42. The van der Waals surface area contributed by atoms with Gasteiger partial charge in [-0.05, 0) is 80.1 Å². The van der Waals surface area contributed by atoms with Crippen LogP contribution in [-0.2, 0) is 29.0 Å². The van der Waals surface area contributed by atoms with Gasteiger partial charge in [-0.15, -0.1) is 0 Å². The maximum absolute atomic E-state index is 13.8. The number of carbonyl (C=O) groups excluding carboxylic acids is 1. The zero-order valence-electron chi connectivity index (χ0n) is 27.9. The molecule has 12 heteroatoms. The topological polar surface area (TPSA) is 45.2 Å². The van der Waals surface area contributed by atoms with Crippen LogP contribution >= 0.6 is 0 Å². The van der Waals surface area contributed by atoms with Crippen LogP contribution < -0.4 is 9.47 Å². The molecular formula is C36H47F6N3O3. The molecule has 0 bridgehead atoms. The lowest BCUT2D eigenvalue weighted by molar-refractivity contribution is -0.143. The average molecular weight is 684 g/mol. The standard InChI is InChI=1S/C36H47F6N3O3/c1-47-31-11-10-27(24-32(31)48-2)34(13-15-43-16-18-44(19-17-43)30-8-4-3-5-9-30)12-6-7-14-45(25-34)33(46)22-26-20-28(35(37,38)39)23-29(21-26)36(40,41)42/h10-11,20-21,23-24,30H,3-9,12-19,22,25H2,1-2H3/t34-/m1/s1. The lowest BCUT2D eigenvalue weighted by Crippen LogP contribution is -2.52. The first-order chi connectivity index (χ1) is 22.8. The van der Waals surface area contributed by atoms with Crippen molar-refractivity contribution in [2.24, 2.45) is 0 Å². The van der Waals surface area contributed by atoms with Crippen molar-refractivity contribution < 1.29 is 40.6 Å². The van der Waals surface area contributed by atoms with E-state index in [1.165, 1.54) is 32.1 Å². The molecule has 48 heavy (non-hydrogen) atoms. The summed E-state index contributed by atoms with van der Waals surface area (Å²) in [7, 11) is 3.12. The molecule has 1 aliphatic carbocycles. The Hall–Kier alpha value is -2.99. The number of carbonyl (C=O) groups is 1. The van der Waals surface area contributed by atoms with E-state index in [9.17, 15) is 31.1 Å². The predicted octanol–water partition coefficient (Wildman–Crippen LogP) is 7.57. The molecule has 5 rings (SSSR count). The van der Waals surface area contributed by atoms with Crippen LogP contribution in [0.5, 0.6) is 11.5 Å². The lowest BCUT2D eigenvalue weighted by atomic mass is 9.73. The normalized spacial score (nSPS) is 22.4. The van der Waals surface area contributed by atoms with Gasteiger partial charge in [0, 0.05) is 50.7 Å². The second kappa shape index (κ2) is 15.3. The molecule has 3 aliphatic rings. The maximum Gasteiger partial charge on any atom is 0.416 e. The van der Waals surface area contributed by atoms with Crippen molar-refractivity contribution in [3.05, 3.63) is 58.7 Å². The Bertz CT molecular complexity index is 1350. The largest absolute Gasteiger partial charge is 0.493 e. The van der Waals surface area contributed by atoms with E-state index in [1.54, 1.807) is 19.1 Å². The number of hydrogen-bond donors (Lipinski definition) is 0. The second-order valence-electron chi connectivity index (χ2n) is 13.6. The van der Waals surface area contributed by atoms with E-state index in [2.05, 4.69) is 9.80 Å². The average Bonchev–Trinajstić information content (AvgIpc) is 3.30. The number of alkyl halides is 6. The van der Waals surface area contributed by atoms with Gasteiger partial charge in [0.2, 0.25) is 5.91 Å². The quantitative estimate of drug-likeness (QED) is 0.255. The minimum absolute atomic E-state index is 0.0942. The zero-order chi connectivity index (χ0) is 34.5. The van der Waals surface area contributed by atoms with Crippen LogP contribution in [0.15, 0.2) is 36.4 Å². The van der Waals surface area contributed by atoms with Crippen molar-refractivity contribution in [1.29, 1.82) is 0 Å². The van der Waals surface area contributed by atoms with Crippen LogP contribution in [0.1, 0.15) is 80.0 Å². The summed E-state index contributed by atoms with van der Waals surface area (Å²) in [5.41, 5.74) is -2.67. The van der Waals surface area contributed by atoms with Crippen LogP contribution in [0, 0.1) is 0 Å². The minimum atomic E-state index is -4.98. The third-order valence-corrected chi connectivity index (χ3v) is 10.6. The minimum Gasteiger partial charge on any atom is -0.493 e. The third-order valence-electron chi connectivity index (χ3n) is 10.6. The number of benzene rings is 2. The van der Waals surface area contributed by atoms with Crippen LogP contribution in [0.3, 0.4) is 0 Å². The molecule has 2 saturated heterocycles. The summed E-state index contributed by atoms with van der Waals surface area (Å²) >= 11 is 0. The third kappa shape index (κ3) is 8.77. The first-order valence-corrected chi connectivity index (χ1v) is 17.1. The summed E-state index contributed by atoms with van der Waals surface area (Å²) in [6.07, 6.45) is -1.07. The molecule has 0 radical (unpaired) electrons. The van der Waals surface area contributed by atoms with Gasteiger partial charge in [0.05, 0.1) is 31.8 Å². The number of likely N-dealkylation sites (tertiary alicyclic amines) is 1. The SMILES string of the molecule is COc1ccc([C@@]2(CCN3CCN(C4CCCCC4)CC3)CCCCN(C(=O)Cc3cc(C(F)(F)F)cc(C(F)(F)F)c3)C2)cc1OC. The fourth-order valence-corrected chi connectivity index (χ4v) is 7.83. The molecule has 2 aromatic rings. The number of hydrogen-bond acceptors (Lipinski definition) is 5. The van der Waals surface area contributed by atoms with Crippen LogP contribution in [-0.4, -0.2) is 86.7 Å².